The standard InChI is InChI=1S/C3H8N2S.C2H6/c1-2-5-3(4)6;1-2/h2H2,1H3,(H3,4,5,6);1-2H3. The van der Waals surface area contributed by atoms with Gasteiger partial charge in [-0.2, -0.15) is 0 Å². The Bertz CT molecular complexity index is 54.4. The number of nitrogens with one attached hydrogen (secondary N) is 1. The van der Waals surface area contributed by atoms with Crippen LogP contribution in [0, 0.1) is 0 Å². The first kappa shape index (κ1) is 10.6. The van der Waals surface area contributed by atoms with E-state index in [-0.39, 0.29) is 0 Å². The summed E-state index contributed by atoms with van der Waals surface area (Å²) in [6.07, 6.45) is 0. The van der Waals surface area contributed by atoms with Crippen LogP contribution in [-0.2, 0) is 0 Å². The van der Waals surface area contributed by atoms with Crippen LogP contribution < -0.4 is 11.1 Å². The van der Waals surface area contributed by atoms with Gasteiger partial charge in [0, 0.05) is 6.54 Å². The molecule has 0 aromatic heterocycles. The molecule has 0 saturated carbocycles. The summed E-state index contributed by atoms with van der Waals surface area (Å²) in [6.45, 7) is 6.76. The van der Waals surface area contributed by atoms with Crippen molar-refractivity contribution in [1.82, 2.24) is 5.32 Å². The molecule has 3 N–H and O–H groups in total. The van der Waals surface area contributed by atoms with E-state index in [1.165, 1.54) is 0 Å². The van der Waals surface area contributed by atoms with Crippen molar-refractivity contribution in [3.8, 4) is 0 Å². The number of thiocarbonyl (C=S) groups is 1. The van der Waals surface area contributed by atoms with Gasteiger partial charge >= 0.3 is 0 Å². The molecule has 0 saturated heterocycles. The highest BCUT2D eigenvalue weighted by Crippen LogP contribution is 1.52. The highest BCUT2D eigenvalue weighted by Gasteiger charge is 1.73. The van der Waals surface area contributed by atoms with E-state index >= 15 is 0 Å². The van der Waals surface area contributed by atoms with Crippen LogP contribution in [0.5, 0.6) is 0 Å². The lowest BCUT2D eigenvalue weighted by molar-refractivity contribution is 0.973. The van der Waals surface area contributed by atoms with Crippen molar-refractivity contribution >= 4 is 17.3 Å². The fraction of sp³-hybridized carbons (Fsp3) is 0.800. The van der Waals surface area contributed by atoms with Gasteiger partial charge in [-0.3, -0.25) is 0 Å². The van der Waals surface area contributed by atoms with Crippen LogP contribution in [0.2, 0.25) is 0 Å². The zero-order valence-corrected chi connectivity index (χ0v) is 6.51. The van der Waals surface area contributed by atoms with Crippen LogP contribution in [0.1, 0.15) is 20.8 Å². The molecule has 0 rings (SSSR count). The molecule has 0 amide bonds. The molecule has 0 bridgehead atoms. The third-order valence-electron chi connectivity index (χ3n) is 0.351. The van der Waals surface area contributed by atoms with Gasteiger partial charge in [-0.15, -0.1) is 0 Å². The number of hydrogen-bond donors (Lipinski definition) is 2. The first-order valence-electron chi connectivity index (χ1n) is 2.80. The van der Waals surface area contributed by atoms with E-state index in [9.17, 15) is 0 Å². The second-order valence-corrected chi connectivity index (χ2v) is 1.33. The number of hydrogen-bond acceptors (Lipinski definition) is 1. The summed E-state index contributed by atoms with van der Waals surface area (Å²) in [7, 11) is 0. The molecule has 0 spiro atoms. The fourth-order valence-electron chi connectivity index (χ4n) is 0.174. The van der Waals surface area contributed by atoms with Gasteiger partial charge in [-0.05, 0) is 19.1 Å². The predicted octanol–water partition coefficient (Wildman–Crippen LogP) is 0.866. The minimum Gasteiger partial charge on any atom is -0.376 e. The second-order valence-electron chi connectivity index (χ2n) is 0.895. The summed E-state index contributed by atoms with van der Waals surface area (Å²) in [5, 5.41) is 3.09. The lowest BCUT2D eigenvalue weighted by Crippen LogP contribution is -2.28. The van der Waals surface area contributed by atoms with E-state index in [1.54, 1.807) is 0 Å². The maximum absolute atomic E-state index is 5.02. The van der Waals surface area contributed by atoms with Gasteiger partial charge < -0.3 is 11.1 Å². The molecule has 0 fully saturated rings. The van der Waals surface area contributed by atoms with Crippen molar-refractivity contribution in [2.45, 2.75) is 20.8 Å². The smallest absolute Gasteiger partial charge is 0.163 e. The van der Waals surface area contributed by atoms with Gasteiger partial charge in [-0.1, -0.05) is 13.8 Å². The summed E-state index contributed by atoms with van der Waals surface area (Å²) in [5.74, 6) is 0. The highest BCUT2D eigenvalue weighted by atomic mass is 32.1. The third-order valence-corrected chi connectivity index (χ3v) is 0.495. The summed E-state index contributed by atoms with van der Waals surface area (Å²) in [6, 6.07) is 0. The van der Waals surface area contributed by atoms with Crippen molar-refractivity contribution in [3.63, 3.8) is 0 Å². The Morgan fingerprint density at radius 3 is 2.00 bits per heavy atom. The van der Waals surface area contributed by atoms with Crippen LogP contribution in [0.3, 0.4) is 0 Å². The van der Waals surface area contributed by atoms with E-state index in [2.05, 4.69) is 17.5 Å². The normalized spacial score (nSPS) is 6.38. The van der Waals surface area contributed by atoms with Gasteiger partial charge in [0.2, 0.25) is 0 Å². The molecule has 0 aromatic rings. The zero-order chi connectivity index (χ0) is 6.99. The van der Waals surface area contributed by atoms with Crippen LogP contribution in [0.25, 0.3) is 0 Å². The lowest BCUT2D eigenvalue weighted by atomic mass is 10.8. The predicted molar refractivity (Wildman–Crippen MR) is 41.8 cm³/mol. The van der Waals surface area contributed by atoms with Gasteiger partial charge in [0.1, 0.15) is 0 Å². The minimum atomic E-state index is 0.373. The first-order valence-corrected chi connectivity index (χ1v) is 3.21. The summed E-state index contributed by atoms with van der Waals surface area (Å²) >= 11 is 4.46. The van der Waals surface area contributed by atoms with E-state index in [4.69, 9.17) is 5.73 Å². The fourth-order valence-corrected chi connectivity index (χ4v) is 0.319. The summed E-state index contributed by atoms with van der Waals surface area (Å²) in [5.41, 5.74) is 5.02. The SMILES string of the molecule is CC.CCNC(N)=S. The molecule has 8 heavy (non-hydrogen) atoms. The van der Waals surface area contributed by atoms with Crippen molar-refractivity contribution in [1.29, 1.82) is 0 Å². The van der Waals surface area contributed by atoms with Crippen molar-refractivity contribution in [2.75, 3.05) is 6.54 Å². The molecule has 0 aromatic carbocycles. The molecular weight excluding hydrogens is 120 g/mol. The van der Waals surface area contributed by atoms with Crippen LogP contribution in [-0.4, -0.2) is 11.7 Å². The van der Waals surface area contributed by atoms with Crippen LogP contribution in [0.15, 0.2) is 0 Å². The van der Waals surface area contributed by atoms with Gasteiger partial charge in [0.25, 0.3) is 0 Å². The van der Waals surface area contributed by atoms with E-state index in [0.717, 1.165) is 6.54 Å². The van der Waals surface area contributed by atoms with E-state index in [1.807, 2.05) is 20.8 Å². The van der Waals surface area contributed by atoms with Crippen molar-refractivity contribution in [3.05, 3.63) is 0 Å². The Kier molecular flexibility index (Phi) is 13.1. The molecule has 0 radical (unpaired) electrons. The maximum Gasteiger partial charge on any atom is 0.163 e. The molecule has 2 nitrogen and oxygen atoms in total. The number of rotatable bonds is 1. The molecule has 50 valence electrons. The van der Waals surface area contributed by atoms with Crippen LogP contribution in [0.4, 0.5) is 0 Å². The summed E-state index contributed by atoms with van der Waals surface area (Å²) < 4.78 is 0. The lowest BCUT2D eigenvalue weighted by Gasteiger charge is -1.92. The molecule has 0 aliphatic rings. The second kappa shape index (κ2) is 9.85. The Morgan fingerprint density at radius 2 is 2.00 bits per heavy atom. The Labute approximate surface area is 56.5 Å². The molecule has 0 heterocycles. The third kappa shape index (κ3) is 17.3. The summed E-state index contributed by atoms with van der Waals surface area (Å²) in [4.78, 5) is 0. The maximum atomic E-state index is 5.02. The van der Waals surface area contributed by atoms with Crippen LogP contribution >= 0.6 is 12.2 Å². The molecule has 0 aliphatic heterocycles. The molecule has 3 heteroatoms. The quantitative estimate of drug-likeness (QED) is 0.522. The van der Waals surface area contributed by atoms with Gasteiger partial charge in [0.05, 0.1) is 0 Å². The zero-order valence-electron chi connectivity index (χ0n) is 5.69. The molecule has 0 unspecified atom stereocenters. The van der Waals surface area contributed by atoms with Gasteiger partial charge in [0.15, 0.2) is 5.11 Å². The monoisotopic (exact) mass is 134 g/mol. The van der Waals surface area contributed by atoms with Gasteiger partial charge in [-0.25, -0.2) is 0 Å². The topological polar surface area (TPSA) is 38.0 Å². The molecular formula is C5H14N2S. The van der Waals surface area contributed by atoms with Crippen molar-refractivity contribution < 1.29 is 0 Å². The highest BCUT2D eigenvalue weighted by molar-refractivity contribution is 7.80. The van der Waals surface area contributed by atoms with E-state index in [0.29, 0.717) is 5.11 Å². The average Bonchev–Trinajstić information content (AvgIpc) is 1.72. The molecule has 0 aliphatic carbocycles. The Morgan fingerprint density at radius 1 is 1.62 bits per heavy atom. The average molecular weight is 134 g/mol. The van der Waals surface area contributed by atoms with Crippen molar-refractivity contribution in [2.24, 2.45) is 5.73 Å². The Balaban J connectivity index is 0. The largest absolute Gasteiger partial charge is 0.376 e. The van der Waals surface area contributed by atoms with E-state index < -0.39 is 0 Å². The first-order chi connectivity index (χ1) is 3.77. The number of nitrogens with two attached hydrogens (primary N) is 1. The Hall–Kier alpha value is -0.310. The minimum absolute atomic E-state index is 0.373. The molecule has 0 atom stereocenters.